The number of rotatable bonds is 6. The molecule has 0 saturated carbocycles. The van der Waals surface area contributed by atoms with Crippen molar-refractivity contribution in [2.45, 2.75) is 19.8 Å². The summed E-state index contributed by atoms with van der Waals surface area (Å²) in [7, 11) is 0. The number of nitrogens with two attached hydrogens (primary N) is 1. The number of hydrogen-bond donors (Lipinski definition) is 3. The molecule has 1 aromatic carbocycles. The summed E-state index contributed by atoms with van der Waals surface area (Å²) in [6, 6.07) is 6.91. The van der Waals surface area contributed by atoms with Crippen LogP contribution in [0.4, 0.5) is 5.69 Å². The molecule has 94 valence electrons. The van der Waals surface area contributed by atoms with Gasteiger partial charge in [0.2, 0.25) is 0 Å². The minimum atomic E-state index is -0.103. The lowest BCUT2D eigenvalue weighted by Crippen LogP contribution is -2.24. The summed E-state index contributed by atoms with van der Waals surface area (Å²) in [5, 5.41) is 11.7. The molecule has 0 aliphatic rings. The van der Waals surface area contributed by atoms with Crippen molar-refractivity contribution in [2.24, 2.45) is 5.92 Å². The molecule has 1 amide bonds. The zero-order chi connectivity index (χ0) is 12.7. The van der Waals surface area contributed by atoms with E-state index in [9.17, 15) is 4.79 Å². The Balaban J connectivity index is 2.30. The highest BCUT2D eigenvalue weighted by Crippen LogP contribution is 2.07. The van der Waals surface area contributed by atoms with Crippen LogP contribution < -0.4 is 11.1 Å². The van der Waals surface area contributed by atoms with Crippen LogP contribution in [0.2, 0.25) is 0 Å². The Bertz CT molecular complexity index is 366. The minimum absolute atomic E-state index is 0.103. The first-order valence-electron chi connectivity index (χ1n) is 5.88. The highest BCUT2D eigenvalue weighted by atomic mass is 16.3. The van der Waals surface area contributed by atoms with Gasteiger partial charge in [0, 0.05) is 24.4 Å². The van der Waals surface area contributed by atoms with Crippen LogP contribution in [0.25, 0.3) is 0 Å². The van der Waals surface area contributed by atoms with E-state index in [4.69, 9.17) is 10.8 Å². The minimum Gasteiger partial charge on any atom is -0.399 e. The van der Waals surface area contributed by atoms with Crippen LogP contribution in [-0.2, 0) is 0 Å². The number of aliphatic hydroxyl groups excluding tert-OH is 1. The Morgan fingerprint density at radius 2 is 2.29 bits per heavy atom. The molecule has 0 aromatic heterocycles. The van der Waals surface area contributed by atoms with Crippen molar-refractivity contribution in [3.63, 3.8) is 0 Å². The Morgan fingerprint density at radius 3 is 2.94 bits per heavy atom. The number of anilines is 1. The van der Waals surface area contributed by atoms with Gasteiger partial charge < -0.3 is 16.2 Å². The summed E-state index contributed by atoms with van der Waals surface area (Å²) in [5.74, 6) is 0.188. The fraction of sp³-hybridized carbons (Fsp3) is 0.462. The van der Waals surface area contributed by atoms with Crippen LogP contribution >= 0.6 is 0 Å². The van der Waals surface area contributed by atoms with Crippen LogP contribution in [0, 0.1) is 5.92 Å². The van der Waals surface area contributed by atoms with Gasteiger partial charge in [-0.15, -0.1) is 0 Å². The van der Waals surface area contributed by atoms with Gasteiger partial charge in [-0.05, 0) is 37.0 Å². The number of carbonyl (C=O) groups is 1. The zero-order valence-electron chi connectivity index (χ0n) is 10.1. The molecule has 0 bridgehead atoms. The molecule has 1 rings (SSSR count). The van der Waals surface area contributed by atoms with Gasteiger partial charge >= 0.3 is 0 Å². The first-order valence-corrected chi connectivity index (χ1v) is 5.88. The fourth-order valence-electron chi connectivity index (χ4n) is 1.53. The summed E-state index contributed by atoms with van der Waals surface area (Å²) in [4.78, 5) is 11.7. The van der Waals surface area contributed by atoms with E-state index >= 15 is 0 Å². The van der Waals surface area contributed by atoms with Crippen molar-refractivity contribution < 1.29 is 9.90 Å². The van der Waals surface area contributed by atoms with E-state index in [0.717, 1.165) is 12.8 Å². The second-order valence-corrected chi connectivity index (χ2v) is 4.31. The maximum Gasteiger partial charge on any atom is 0.251 e. The molecule has 0 spiro atoms. The van der Waals surface area contributed by atoms with Gasteiger partial charge in [0.15, 0.2) is 0 Å². The number of aliphatic hydroxyl groups is 1. The largest absolute Gasteiger partial charge is 0.399 e. The van der Waals surface area contributed by atoms with Gasteiger partial charge in [-0.1, -0.05) is 13.0 Å². The maximum absolute atomic E-state index is 11.7. The summed E-state index contributed by atoms with van der Waals surface area (Å²) < 4.78 is 0. The average molecular weight is 236 g/mol. The average Bonchev–Trinajstić information content (AvgIpc) is 2.34. The SMILES string of the molecule is CC(CO)CCCNC(=O)c1cccc(N)c1. The summed E-state index contributed by atoms with van der Waals surface area (Å²) in [6.45, 7) is 2.81. The predicted octanol–water partition coefficient (Wildman–Crippen LogP) is 1.41. The summed E-state index contributed by atoms with van der Waals surface area (Å²) in [5.41, 5.74) is 6.77. The molecule has 0 saturated heterocycles. The Morgan fingerprint density at radius 1 is 1.53 bits per heavy atom. The Kier molecular flexibility index (Phi) is 5.49. The van der Waals surface area contributed by atoms with E-state index in [2.05, 4.69) is 5.32 Å². The third-order valence-electron chi connectivity index (χ3n) is 2.62. The van der Waals surface area contributed by atoms with Crippen LogP contribution in [-0.4, -0.2) is 24.2 Å². The second-order valence-electron chi connectivity index (χ2n) is 4.31. The fourth-order valence-corrected chi connectivity index (χ4v) is 1.53. The van der Waals surface area contributed by atoms with E-state index in [1.54, 1.807) is 24.3 Å². The number of benzene rings is 1. The van der Waals surface area contributed by atoms with E-state index in [1.165, 1.54) is 0 Å². The van der Waals surface area contributed by atoms with Gasteiger partial charge in [0.1, 0.15) is 0 Å². The Labute approximate surface area is 102 Å². The quantitative estimate of drug-likeness (QED) is 0.516. The van der Waals surface area contributed by atoms with Crippen molar-refractivity contribution in [2.75, 3.05) is 18.9 Å². The highest BCUT2D eigenvalue weighted by Gasteiger charge is 2.05. The number of hydrogen-bond acceptors (Lipinski definition) is 3. The van der Waals surface area contributed by atoms with E-state index in [1.807, 2.05) is 6.92 Å². The number of carbonyl (C=O) groups excluding carboxylic acids is 1. The topological polar surface area (TPSA) is 75.3 Å². The standard InChI is InChI=1S/C13H20N2O2/c1-10(9-16)4-3-7-15-13(17)11-5-2-6-12(14)8-11/h2,5-6,8,10,16H,3-4,7,9,14H2,1H3,(H,15,17). The van der Waals surface area contributed by atoms with Crippen LogP contribution in [0.1, 0.15) is 30.1 Å². The van der Waals surface area contributed by atoms with Crippen molar-refractivity contribution >= 4 is 11.6 Å². The van der Waals surface area contributed by atoms with Gasteiger partial charge in [0.25, 0.3) is 5.91 Å². The summed E-state index contributed by atoms with van der Waals surface area (Å²) >= 11 is 0. The van der Waals surface area contributed by atoms with E-state index < -0.39 is 0 Å². The number of amides is 1. The molecule has 0 aliphatic carbocycles. The van der Waals surface area contributed by atoms with E-state index in [0.29, 0.717) is 23.7 Å². The van der Waals surface area contributed by atoms with Gasteiger partial charge in [-0.25, -0.2) is 0 Å². The number of nitrogen functional groups attached to an aromatic ring is 1. The first-order chi connectivity index (χ1) is 8.13. The molecule has 4 heteroatoms. The molecule has 0 fully saturated rings. The monoisotopic (exact) mass is 236 g/mol. The Hall–Kier alpha value is -1.55. The normalized spacial score (nSPS) is 12.1. The zero-order valence-corrected chi connectivity index (χ0v) is 10.1. The summed E-state index contributed by atoms with van der Waals surface area (Å²) in [6.07, 6.45) is 1.78. The molecule has 0 heterocycles. The predicted molar refractivity (Wildman–Crippen MR) is 68.7 cm³/mol. The molecule has 4 nitrogen and oxygen atoms in total. The molecule has 0 radical (unpaired) electrons. The first kappa shape index (κ1) is 13.5. The molecular weight excluding hydrogens is 216 g/mol. The van der Waals surface area contributed by atoms with Crippen LogP contribution in [0.15, 0.2) is 24.3 Å². The van der Waals surface area contributed by atoms with Gasteiger partial charge in [-0.3, -0.25) is 4.79 Å². The van der Waals surface area contributed by atoms with Crippen molar-refractivity contribution in [1.29, 1.82) is 0 Å². The molecule has 1 atom stereocenters. The molecular formula is C13H20N2O2. The second kappa shape index (κ2) is 6.91. The number of nitrogens with one attached hydrogen (secondary N) is 1. The highest BCUT2D eigenvalue weighted by molar-refractivity contribution is 5.94. The lowest BCUT2D eigenvalue weighted by Gasteiger charge is -2.08. The van der Waals surface area contributed by atoms with Crippen molar-refractivity contribution in [1.82, 2.24) is 5.32 Å². The van der Waals surface area contributed by atoms with Gasteiger partial charge in [0.05, 0.1) is 0 Å². The van der Waals surface area contributed by atoms with Gasteiger partial charge in [-0.2, -0.15) is 0 Å². The third-order valence-corrected chi connectivity index (χ3v) is 2.62. The van der Waals surface area contributed by atoms with Crippen molar-refractivity contribution in [3.8, 4) is 0 Å². The van der Waals surface area contributed by atoms with E-state index in [-0.39, 0.29) is 12.5 Å². The molecule has 4 N–H and O–H groups in total. The lowest BCUT2D eigenvalue weighted by atomic mass is 10.1. The smallest absolute Gasteiger partial charge is 0.251 e. The van der Waals surface area contributed by atoms with Crippen LogP contribution in [0.3, 0.4) is 0 Å². The van der Waals surface area contributed by atoms with Crippen LogP contribution in [0.5, 0.6) is 0 Å². The van der Waals surface area contributed by atoms with Crippen molar-refractivity contribution in [3.05, 3.63) is 29.8 Å². The molecule has 17 heavy (non-hydrogen) atoms. The lowest BCUT2D eigenvalue weighted by molar-refractivity contribution is 0.0952. The maximum atomic E-state index is 11.7. The molecule has 1 aromatic rings. The molecule has 0 aliphatic heterocycles. The molecule has 1 unspecified atom stereocenters. The third kappa shape index (κ3) is 4.87.